The van der Waals surface area contributed by atoms with Crippen molar-refractivity contribution >= 4 is 34.7 Å². The van der Waals surface area contributed by atoms with Crippen LogP contribution in [0.15, 0.2) is 0 Å². The molecule has 1 aliphatic rings. The van der Waals surface area contributed by atoms with Crippen LogP contribution in [0, 0.1) is 0 Å². The molecule has 14 heavy (non-hydrogen) atoms. The van der Waals surface area contributed by atoms with E-state index in [1.807, 2.05) is 11.8 Å². The molecule has 0 radical (unpaired) electrons. The Bertz CT molecular complexity index is 305. The Hall–Kier alpha value is 0.160. The van der Waals surface area contributed by atoms with Gasteiger partial charge in [0.05, 0.1) is 6.54 Å². The normalized spacial score (nSPS) is 24.0. The summed E-state index contributed by atoms with van der Waals surface area (Å²) in [5, 5.41) is 9.58. The second kappa shape index (κ2) is 4.79. The van der Waals surface area contributed by atoms with Crippen LogP contribution < -0.4 is 0 Å². The van der Waals surface area contributed by atoms with Crippen molar-refractivity contribution in [2.75, 3.05) is 18.8 Å². The Kier molecular flexibility index (Phi) is 3.65. The van der Waals surface area contributed by atoms with Crippen molar-refractivity contribution in [3.8, 4) is 0 Å². The summed E-state index contributed by atoms with van der Waals surface area (Å²) in [5.74, 6) is 1.22. The smallest absolute Gasteiger partial charge is 0.207 e. The first kappa shape index (κ1) is 10.7. The molecule has 1 aliphatic heterocycles. The van der Waals surface area contributed by atoms with E-state index in [1.54, 1.807) is 0 Å². The van der Waals surface area contributed by atoms with Gasteiger partial charge in [-0.05, 0) is 11.6 Å². The van der Waals surface area contributed by atoms with E-state index in [2.05, 4.69) is 22.0 Å². The van der Waals surface area contributed by atoms with Gasteiger partial charge in [-0.2, -0.15) is 11.8 Å². The number of hydrogen-bond donors (Lipinski definition) is 0. The van der Waals surface area contributed by atoms with Crippen molar-refractivity contribution in [3.63, 3.8) is 0 Å². The predicted octanol–water partition coefficient (Wildman–Crippen LogP) is 2.13. The molecule has 0 aliphatic carbocycles. The number of halogens is 1. The van der Waals surface area contributed by atoms with Gasteiger partial charge in [0.2, 0.25) is 4.47 Å². The highest BCUT2D eigenvalue weighted by Crippen LogP contribution is 2.21. The van der Waals surface area contributed by atoms with Gasteiger partial charge in [-0.25, -0.2) is 0 Å². The predicted molar refractivity (Wildman–Crippen MR) is 62.1 cm³/mol. The lowest BCUT2D eigenvalue weighted by atomic mass is 10.4. The Morgan fingerprint density at radius 3 is 3.07 bits per heavy atom. The van der Waals surface area contributed by atoms with Crippen molar-refractivity contribution in [2.24, 2.45) is 0 Å². The fourth-order valence-electron chi connectivity index (χ4n) is 1.52. The Morgan fingerprint density at radius 1 is 1.57 bits per heavy atom. The molecule has 78 valence electrons. The van der Waals surface area contributed by atoms with E-state index in [4.69, 9.17) is 11.6 Å². The minimum atomic E-state index is 0.541. The Morgan fingerprint density at radius 2 is 2.43 bits per heavy atom. The van der Waals surface area contributed by atoms with Crippen molar-refractivity contribution in [1.29, 1.82) is 0 Å². The molecule has 0 aromatic carbocycles. The molecule has 1 aromatic heterocycles. The maximum absolute atomic E-state index is 5.73. The summed E-state index contributed by atoms with van der Waals surface area (Å²) < 4.78 is 0.541. The lowest BCUT2D eigenvalue weighted by molar-refractivity contribution is 0.277. The number of hydrogen-bond acceptors (Lipinski definition) is 5. The summed E-state index contributed by atoms with van der Waals surface area (Å²) in [6.45, 7) is 5.45. The molecule has 1 atom stereocenters. The topological polar surface area (TPSA) is 29.0 Å². The highest BCUT2D eigenvalue weighted by Gasteiger charge is 2.17. The standard InChI is InChI=1S/C8H12ClN3S2/c1-6-4-12(2-3-13-6)5-7-10-11-8(9)14-7/h6H,2-5H2,1H3. The summed E-state index contributed by atoms with van der Waals surface area (Å²) in [6, 6.07) is 0. The molecule has 6 heteroatoms. The van der Waals surface area contributed by atoms with Gasteiger partial charge in [0, 0.05) is 24.1 Å². The van der Waals surface area contributed by atoms with Gasteiger partial charge in [0.15, 0.2) is 0 Å². The molecule has 2 rings (SSSR count). The summed E-state index contributed by atoms with van der Waals surface area (Å²) >= 11 is 9.24. The fraction of sp³-hybridized carbons (Fsp3) is 0.750. The van der Waals surface area contributed by atoms with Gasteiger partial charge in [-0.1, -0.05) is 18.3 Å². The van der Waals surface area contributed by atoms with Crippen LogP contribution in [-0.4, -0.2) is 39.2 Å². The van der Waals surface area contributed by atoms with Crippen LogP contribution in [-0.2, 0) is 6.54 Å². The molecule has 0 saturated carbocycles. The van der Waals surface area contributed by atoms with E-state index in [1.165, 1.54) is 17.1 Å². The lowest BCUT2D eigenvalue weighted by Crippen LogP contribution is -2.35. The lowest BCUT2D eigenvalue weighted by Gasteiger charge is -2.29. The molecular formula is C8H12ClN3S2. The van der Waals surface area contributed by atoms with Crippen molar-refractivity contribution in [2.45, 2.75) is 18.7 Å². The third-order valence-electron chi connectivity index (χ3n) is 2.13. The molecule has 0 N–H and O–H groups in total. The third-order valence-corrected chi connectivity index (χ3v) is 4.27. The van der Waals surface area contributed by atoms with Gasteiger partial charge in [0.1, 0.15) is 5.01 Å². The number of thioether (sulfide) groups is 1. The van der Waals surface area contributed by atoms with Gasteiger partial charge in [-0.3, -0.25) is 4.90 Å². The molecule has 3 nitrogen and oxygen atoms in total. The SMILES string of the molecule is CC1CN(Cc2nnc(Cl)s2)CCS1. The van der Waals surface area contributed by atoms with E-state index < -0.39 is 0 Å². The van der Waals surface area contributed by atoms with Crippen LogP contribution in [0.3, 0.4) is 0 Å². The Balaban J connectivity index is 1.90. The van der Waals surface area contributed by atoms with Gasteiger partial charge in [0.25, 0.3) is 0 Å². The van der Waals surface area contributed by atoms with Crippen LogP contribution in [0.4, 0.5) is 0 Å². The maximum atomic E-state index is 5.73. The number of aromatic nitrogens is 2. The monoisotopic (exact) mass is 249 g/mol. The fourth-order valence-corrected chi connectivity index (χ4v) is 3.51. The first-order chi connectivity index (χ1) is 6.74. The van der Waals surface area contributed by atoms with Crippen molar-refractivity contribution < 1.29 is 0 Å². The van der Waals surface area contributed by atoms with Crippen LogP contribution in [0.1, 0.15) is 11.9 Å². The van der Waals surface area contributed by atoms with Gasteiger partial charge >= 0.3 is 0 Å². The van der Waals surface area contributed by atoms with Crippen LogP contribution in [0.2, 0.25) is 4.47 Å². The molecule has 1 aromatic rings. The number of rotatable bonds is 2. The van der Waals surface area contributed by atoms with Crippen molar-refractivity contribution in [1.82, 2.24) is 15.1 Å². The second-order valence-electron chi connectivity index (χ2n) is 3.37. The van der Waals surface area contributed by atoms with E-state index in [-0.39, 0.29) is 0 Å². The zero-order valence-electron chi connectivity index (χ0n) is 7.94. The highest BCUT2D eigenvalue weighted by molar-refractivity contribution is 7.99. The minimum absolute atomic E-state index is 0.541. The second-order valence-corrected chi connectivity index (χ2v) is 6.56. The van der Waals surface area contributed by atoms with Gasteiger partial charge < -0.3 is 0 Å². The first-order valence-electron chi connectivity index (χ1n) is 4.56. The molecule has 1 saturated heterocycles. The van der Waals surface area contributed by atoms with E-state index in [0.717, 1.165) is 29.9 Å². The average molecular weight is 250 g/mol. The molecular weight excluding hydrogens is 238 g/mol. The molecule has 1 unspecified atom stereocenters. The minimum Gasteiger partial charge on any atom is -0.295 e. The van der Waals surface area contributed by atoms with Crippen LogP contribution in [0.25, 0.3) is 0 Å². The quantitative estimate of drug-likeness (QED) is 0.803. The third kappa shape index (κ3) is 2.82. The van der Waals surface area contributed by atoms with E-state index in [9.17, 15) is 0 Å². The maximum Gasteiger partial charge on any atom is 0.207 e. The molecule has 0 spiro atoms. The van der Waals surface area contributed by atoms with Crippen LogP contribution >= 0.6 is 34.7 Å². The Labute approximate surface area is 96.8 Å². The summed E-state index contributed by atoms with van der Waals surface area (Å²) in [6.07, 6.45) is 0. The molecule has 1 fully saturated rings. The van der Waals surface area contributed by atoms with Crippen LogP contribution in [0.5, 0.6) is 0 Å². The largest absolute Gasteiger partial charge is 0.295 e. The summed E-state index contributed by atoms with van der Waals surface area (Å²) in [7, 11) is 0. The summed E-state index contributed by atoms with van der Waals surface area (Å²) in [4.78, 5) is 2.41. The molecule has 0 bridgehead atoms. The van der Waals surface area contributed by atoms with E-state index in [0.29, 0.717) is 4.47 Å². The van der Waals surface area contributed by atoms with Crippen molar-refractivity contribution in [3.05, 3.63) is 9.47 Å². The molecule has 2 heterocycles. The number of nitrogens with zero attached hydrogens (tertiary/aromatic N) is 3. The van der Waals surface area contributed by atoms with Gasteiger partial charge in [-0.15, -0.1) is 10.2 Å². The zero-order valence-corrected chi connectivity index (χ0v) is 10.3. The summed E-state index contributed by atoms with van der Waals surface area (Å²) in [5.41, 5.74) is 0. The molecule has 0 amide bonds. The highest BCUT2D eigenvalue weighted by atomic mass is 35.5. The first-order valence-corrected chi connectivity index (χ1v) is 6.80. The zero-order chi connectivity index (χ0) is 9.97. The van der Waals surface area contributed by atoms with E-state index >= 15 is 0 Å². The average Bonchev–Trinajstić information content (AvgIpc) is 2.51.